The van der Waals surface area contributed by atoms with E-state index in [0.29, 0.717) is 6.16 Å². The minimum atomic E-state index is -1.20. The second-order valence-corrected chi connectivity index (χ2v) is 6.05. The molecule has 74 valence electrons. The molecule has 1 unspecified atom stereocenters. The third-order valence-electron chi connectivity index (χ3n) is 1.70. The first-order valence-corrected chi connectivity index (χ1v) is 7.26. The van der Waals surface area contributed by atoms with E-state index >= 15 is 0 Å². The average Bonchev–Trinajstić information content (AvgIpc) is 2.00. The molecule has 0 radical (unpaired) electrons. The van der Waals surface area contributed by atoms with Gasteiger partial charge in [-0.25, -0.2) is 0 Å². The van der Waals surface area contributed by atoms with Gasteiger partial charge in [-0.3, -0.25) is 4.57 Å². The molecule has 0 bridgehead atoms. The molecule has 0 saturated carbocycles. The van der Waals surface area contributed by atoms with Gasteiger partial charge in [0.25, 0.3) is 0 Å². The van der Waals surface area contributed by atoms with Crippen LogP contribution in [0.15, 0.2) is 23.3 Å². The molecule has 0 saturated heterocycles. The lowest BCUT2D eigenvalue weighted by atomic mass is 10.1. The quantitative estimate of drug-likeness (QED) is 0.486. The summed E-state index contributed by atoms with van der Waals surface area (Å²) in [6, 6.07) is 0. The van der Waals surface area contributed by atoms with Crippen molar-refractivity contribution in [3.05, 3.63) is 23.3 Å². The molecular weight excluding hydrogens is 198 g/mol. The van der Waals surface area contributed by atoms with Crippen molar-refractivity contribution in [2.24, 2.45) is 0 Å². The standard InChI is InChI=1S/C10H18OP2/c1-9(2)5-4-6-10(3)7-8-13(11)12/h5,7,12H,4,6,8H2,1-3H3/b10-7+. The Kier molecular flexibility index (Phi) is 7.23. The van der Waals surface area contributed by atoms with Crippen molar-refractivity contribution in [3.8, 4) is 0 Å². The zero-order chi connectivity index (χ0) is 10.3. The highest BCUT2D eigenvalue weighted by atomic mass is 31.7. The van der Waals surface area contributed by atoms with Gasteiger partial charge >= 0.3 is 0 Å². The first-order chi connectivity index (χ1) is 6.02. The van der Waals surface area contributed by atoms with Gasteiger partial charge in [0.05, 0.1) is 0 Å². The Balaban J connectivity index is 3.80. The predicted molar refractivity (Wildman–Crippen MR) is 63.2 cm³/mol. The molecule has 13 heavy (non-hydrogen) atoms. The summed E-state index contributed by atoms with van der Waals surface area (Å²) in [5.41, 5.74) is 2.68. The number of hydrogen-bond acceptors (Lipinski definition) is 1. The Labute approximate surface area is 83.8 Å². The van der Waals surface area contributed by atoms with Crippen molar-refractivity contribution in [1.82, 2.24) is 0 Å². The van der Waals surface area contributed by atoms with Crippen LogP contribution in [0, 0.1) is 0 Å². The monoisotopic (exact) mass is 216 g/mol. The number of rotatable bonds is 5. The van der Waals surface area contributed by atoms with Gasteiger partial charge in [-0.15, -0.1) is 0 Å². The number of allylic oxidation sites excluding steroid dienone is 4. The molecule has 3 heteroatoms. The van der Waals surface area contributed by atoms with E-state index in [1.54, 1.807) is 0 Å². The molecule has 0 aromatic rings. The van der Waals surface area contributed by atoms with E-state index in [2.05, 4.69) is 35.4 Å². The van der Waals surface area contributed by atoms with Crippen LogP contribution in [0.25, 0.3) is 0 Å². The lowest BCUT2D eigenvalue weighted by Gasteiger charge is -1.96. The molecule has 0 aliphatic heterocycles. The Morgan fingerprint density at radius 3 is 2.38 bits per heavy atom. The Morgan fingerprint density at radius 1 is 1.31 bits per heavy atom. The Hall–Kier alpha value is -0.120. The second-order valence-electron chi connectivity index (χ2n) is 3.43. The third-order valence-corrected chi connectivity index (χ3v) is 2.76. The highest BCUT2D eigenvalue weighted by molar-refractivity contribution is 7.78. The summed E-state index contributed by atoms with van der Waals surface area (Å²) in [5.74, 6) is 0. The van der Waals surface area contributed by atoms with Crippen LogP contribution in [0.5, 0.6) is 0 Å². The molecule has 1 nitrogen and oxygen atoms in total. The van der Waals surface area contributed by atoms with Crippen LogP contribution in [0.2, 0.25) is 0 Å². The molecule has 0 N–H and O–H groups in total. The van der Waals surface area contributed by atoms with Gasteiger partial charge in [-0.1, -0.05) is 31.8 Å². The summed E-state index contributed by atoms with van der Waals surface area (Å²) >= 11 is 0. The van der Waals surface area contributed by atoms with Gasteiger partial charge in [0.15, 0.2) is 0 Å². The van der Waals surface area contributed by atoms with Crippen LogP contribution < -0.4 is 0 Å². The van der Waals surface area contributed by atoms with Gasteiger partial charge in [0.2, 0.25) is 0 Å². The molecule has 1 atom stereocenters. The lowest BCUT2D eigenvalue weighted by molar-refractivity contribution is 0.599. The molecule has 0 aliphatic rings. The average molecular weight is 216 g/mol. The van der Waals surface area contributed by atoms with Crippen LogP contribution in [-0.2, 0) is 4.57 Å². The van der Waals surface area contributed by atoms with Crippen LogP contribution in [0.3, 0.4) is 0 Å². The van der Waals surface area contributed by atoms with Crippen LogP contribution >= 0.6 is 15.6 Å². The van der Waals surface area contributed by atoms with Crippen molar-refractivity contribution in [2.45, 2.75) is 33.6 Å². The maximum absolute atomic E-state index is 10.7. The van der Waals surface area contributed by atoms with Gasteiger partial charge in [-0.05, 0) is 33.6 Å². The van der Waals surface area contributed by atoms with Gasteiger partial charge in [0.1, 0.15) is 7.09 Å². The smallest absolute Gasteiger partial charge is 0.120 e. The summed E-state index contributed by atoms with van der Waals surface area (Å²) in [4.78, 5) is 0. The van der Waals surface area contributed by atoms with Crippen molar-refractivity contribution in [3.63, 3.8) is 0 Å². The highest BCUT2D eigenvalue weighted by Crippen LogP contribution is 2.14. The van der Waals surface area contributed by atoms with Crippen molar-refractivity contribution in [1.29, 1.82) is 0 Å². The third kappa shape index (κ3) is 9.80. The fourth-order valence-corrected chi connectivity index (χ4v) is 1.68. The van der Waals surface area contributed by atoms with Gasteiger partial charge in [-0.2, -0.15) is 0 Å². The summed E-state index contributed by atoms with van der Waals surface area (Å²) in [5, 5.41) is 0. The molecule has 0 fully saturated rings. The first-order valence-electron chi connectivity index (χ1n) is 4.47. The molecule has 0 aliphatic carbocycles. The fourth-order valence-electron chi connectivity index (χ4n) is 0.929. The Morgan fingerprint density at radius 2 is 1.92 bits per heavy atom. The minimum absolute atomic E-state index is 0.646. The number of hydrogen-bond donors (Lipinski definition) is 0. The summed E-state index contributed by atoms with van der Waals surface area (Å²) in [6.45, 7) is 6.30. The summed E-state index contributed by atoms with van der Waals surface area (Å²) in [7, 11) is 1.90. The van der Waals surface area contributed by atoms with E-state index < -0.39 is 7.09 Å². The molecule has 0 aromatic carbocycles. The maximum atomic E-state index is 10.7. The Bertz CT molecular complexity index is 261. The van der Waals surface area contributed by atoms with E-state index in [4.69, 9.17) is 0 Å². The predicted octanol–water partition coefficient (Wildman–Crippen LogP) is 4.56. The second kappa shape index (κ2) is 7.30. The van der Waals surface area contributed by atoms with E-state index in [-0.39, 0.29) is 0 Å². The van der Waals surface area contributed by atoms with Crippen LogP contribution in [-0.4, -0.2) is 6.16 Å². The molecule has 0 amide bonds. The van der Waals surface area contributed by atoms with Crippen LogP contribution in [0.1, 0.15) is 33.6 Å². The minimum Gasteiger partial charge on any atom is -0.278 e. The van der Waals surface area contributed by atoms with E-state index in [0.717, 1.165) is 12.8 Å². The summed E-state index contributed by atoms with van der Waals surface area (Å²) < 4.78 is 10.7. The van der Waals surface area contributed by atoms with Crippen molar-refractivity contribution >= 4 is 15.6 Å². The van der Waals surface area contributed by atoms with Gasteiger partial charge < -0.3 is 0 Å². The zero-order valence-corrected chi connectivity index (χ0v) is 10.5. The largest absolute Gasteiger partial charge is 0.278 e. The van der Waals surface area contributed by atoms with E-state index in [1.807, 2.05) is 6.08 Å². The van der Waals surface area contributed by atoms with Crippen molar-refractivity contribution in [2.75, 3.05) is 6.16 Å². The molecular formula is C10H18OP2. The van der Waals surface area contributed by atoms with Crippen LogP contribution in [0.4, 0.5) is 0 Å². The topological polar surface area (TPSA) is 17.1 Å². The molecule has 0 spiro atoms. The maximum Gasteiger partial charge on any atom is 0.120 e. The zero-order valence-electron chi connectivity index (χ0n) is 8.63. The lowest BCUT2D eigenvalue weighted by Crippen LogP contribution is -1.78. The normalized spacial score (nSPS) is 12.5. The summed E-state index contributed by atoms with van der Waals surface area (Å²) in [6.07, 6.45) is 7.08. The molecule has 0 heterocycles. The highest BCUT2D eigenvalue weighted by Gasteiger charge is 1.88. The van der Waals surface area contributed by atoms with E-state index in [1.165, 1.54) is 11.1 Å². The SMILES string of the molecule is CC(C)=CCC/C(C)=C/CP(=O)=P. The molecule has 0 rings (SSSR count). The van der Waals surface area contributed by atoms with Crippen molar-refractivity contribution < 1.29 is 4.57 Å². The van der Waals surface area contributed by atoms with Gasteiger partial charge in [0, 0.05) is 6.16 Å². The first kappa shape index (κ1) is 12.9. The van der Waals surface area contributed by atoms with E-state index in [9.17, 15) is 4.57 Å². The fraction of sp³-hybridized carbons (Fsp3) is 0.600. The molecule has 0 aromatic heterocycles.